The first-order chi connectivity index (χ1) is 7.79. The molecule has 6 heteroatoms. The summed E-state index contributed by atoms with van der Waals surface area (Å²) in [4.78, 5) is 18.6. The van der Waals surface area contributed by atoms with Crippen LogP contribution in [0, 0.1) is 0 Å². The van der Waals surface area contributed by atoms with Crippen LogP contribution < -0.4 is 5.32 Å². The Morgan fingerprint density at radius 3 is 3.06 bits per heavy atom. The van der Waals surface area contributed by atoms with Crippen LogP contribution in [-0.2, 0) is 13.0 Å². The standard InChI is InChI=1S/C10H13N5O/c1-2-8-13-9(15-14-8)10(16)12-6-7-3-4-11-5-7/h3-5,11H,2,6H2,1H3,(H,12,16)(H,13,14,15). The maximum Gasteiger partial charge on any atom is 0.291 e. The zero-order valence-corrected chi connectivity index (χ0v) is 8.95. The maximum absolute atomic E-state index is 11.6. The number of rotatable bonds is 4. The molecule has 6 nitrogen and oxygen atoms in total. The highest BCUT2D eigenvalue weighted by atomic mass is 16.2. The van der Waals surface area contributed by atoms with E-state index in [1.807, 2.05) is 25.4 Å². The van der Waals surface area contributed by atoms with Gasteiger partial charge in [0.2, 0.25) is 5.82 Å². The molecule has 0 unspecified atom stereocenters. The lowest BCUT2D eigenvalue weighted by atomic mass is 10.3. The smallest absolute Gasteiger partial charge is 0.291 e. The Morgan fingerprint density at radius 2 is 2.44 bits per heavy atom. The molecule has 0 radical (unpaired) electrons. The molecule has 2 aromatic rings. The molecule has 0 spiro atoms. The molecule has 3 N–H and O–H groups in total. The summed E-state index contributed by atoms with van der Waals surface area (Å²) >= 11 is 0. The third-order valence-corrected chi connectivity index (χ3v) is 2.19. The van der Waals surface area contributed by atoms with Crippen LogP contribution in [0.4, 0.5) is 0 Å². The van der Waals surface area contributed by atoms with Gasteiger partial charge in [-0.1, -0.05) is 6.92 Å². The Bertz CT molecular complexity index is 459. The fraction of sp³-hybridized carbons (Fsp3) is 0.300. The van der Waals surface area contributed by atoms with Crippen LogP contribution >= 0.6 is 0 Å². The van der Waals surface area contributed by atoms with Gasteiger partial charge >= 0.3 is 0 Å². The molecule has 2 heterocycles. The van der Waals surface area contributed by atoms with E-state index in [0.717, 1.165) is 12.0 Å². The summed E-state index contributed by atoms with van der Waals surface area (Å²) in [6, 6.07) is 1.90. The lowest BCUT2D eigenvalue weighted by Crippen LogP contribution is -2.23. The van der Waals surface area contributed by atoms with Crippen LogP contribution in [0.1, 0.15) is 28.9 Å². The largest absolute Gasteiger partial charge is 0.367 e. The Morgan fingerprint density at radius 1 is 1.56 bits per heavy atom. The molecule has 0 saturated heterocycles. The number of aromatic nitrogens is 4. The number of amides is 1. The number of hydrogen-bond acceptors (Lipinski definition) is 3. The Hall–Kier alpha value is -2.11. The van der Waals surface area contributed by atoms with Crippen molar-refractivity contribution in [3.8, 4) is 0 Å². The van der Waals surface area contributed by atoms with E-state index >= 15 is 0 Å². The summed E-state index contributed by atoms with van der Waals surface area (Å²) in [7, 11) is 0. The van der Waals surface area contributed by atoms with Crippen molar-refractivity contribution in [2.24, 2.45) is 0 Å². The van der Waals surface area contributed by atoms with Gasteiger partial charge in [0, 0.05) is 25.4 Å². The SMILES string of the molecule is CCc1nc(C(=O)NCc2cc[nH]c2)n[nH]1. The third kappa shape index (κ3) is 2.28. The number of H-pyrrole nitrogens is 2. The van der Waals surface area contributed by atoms with E-state index in [9.17, 15) is 4.79 Å². The summed E-state index contributed by atoms with van der Waals surface area (Å²) in [5.41, 5.74) is 1.01. The first kappa shape index (κ1) is 10.4. The molecule has 0 fully saturated rings. The first-order valence-corrected chi connectivity index (χ1v) is 5.10. The zero-order chi connectivity index (χ0) is 11.4. The molecule has 16 heavy (non-hydrogen) atoms. The number of aryl methyl sites for hydroxylation is 1. The highest BCUT2D eigenvalue weighted by molar-refractivity contribution is 5.90. The quantitative estimate of drug-likeness (QED) is 0.704. The average Bonchev–Trinajstić information content (AvgIpc) is 2.96. The van der Waals surface area contributed by atoms with E-state index in [1.54, 1.807) is 0 Å². The van der Waals surface area contributed by atoms with E-state index < -0.39 is 0 Å². The van der Waals surface area contributed by atoms with Gasteiger partial charge in [-0.3, -0.25) is 9.89 Å². The minimum atomic E-state index is -0.267. The first-order valence-electron chi connectivity index (χ1n) is 5.10. The summed E-state index contributed by atoms with van der Waals surface area (Å²) in [6.07, 6.45) is 4.37. The summed E-state index contributed by atoms with van der Waals surface area (Å²) in [6.45, 7) is 2.42. The van der Waals surface area contributed by atoms with Crippen molar-refractivity contribution in [3.05, 3.63) is 35.7 Å². The minimum absolute atomic E-state index is 0.187. The average molecular weight is 219 g/mol. The molecular weight excluding hydrogens is 206 g/mol. The molecule has 0 aliphatic rings. The van der Waals surface area contributed by atoms with Crippen LogP contribution in [0.3, 0.4) is 0 Å². The number of carbonyl (C=O) groups excluding carboxylic acids is 1. The van der Waals surface area contributed by atoms with Crippen molar-refractivity contribution in [1.29, 1.82) is 0 Å². The van der Waals surface area contributed by atoms with Gasteiger partial charge in [-0.25, -0.2) is 4.98 Å². The molecule has 0 aliphatic heterocycles. The van der Waals surface area contributed by atoms with Crippen molar-refractivity contribution in [2.45, 2.75) is 19.9 Å². The predicted octanol–water partition coefficient (Wildman–Crippen LogP) is 0.625. The zero-order valence-electron chi connectivity index (χ0n) is 8.95. The Kier molecular flexibility index (Phi) is 3.00. The van der Waals surface area contributed by atoms with Crippen LogP contribution in [-0.4, -0.2) is 26.1 Å². The van der Waals surface area contributed by atoms with Crippen LogP contribution in [0.15, 0.2) is 18.5 Å². The van der Waals surface area contributed by atoms with Gasteiger partial charge in [0.05, 0.1) is 0 Å². The van der Waals surface area contributed by atoms with Crippen molar-refractivity contribution in [2.75, 3.05) is 0 Å². The molecular formula is C10H13N5O. The summed E-state index contributed by atoms with van der Waals surface area (Å²) < 4.78 is 0. The van der Waals surface area contributed by atoms with Crippen molar-refractivity contribution >= 4 is 5.91 Å². The number of hydrogen-bond donors (Lipinski definition) is 3. The topological polar surface area (TPSA) is 86.5 Å². The molecule has 2 rings (SSSR count). The number of carbonyl (C=O) groups is 1. The van der Waals surface area contributed by atoms with E-state index in [4.69, 9.17) is 0 Å². The number of nitrogens with one attached hydrogen (secondary N) is 3. The lowest BCUT2D eigenvalue weighted by Gasteiger charge is -1.99. The molecule has 2 aromatic heterocycles. The van der Waals surface area contributed by atoms with Gasteiger partial charge in [0.15, 0.2) is 0 Å². The van der Waals surface area contributed by atoms with Gasteiger partial charge in [-0.15, -0.1) is 5.10 Å². The highest BCUT2D eigenvalue weighted by Crippen LogP contribution is 1.97. The lowest BCUT2D eigenvalue weighted by molar-refractivity contribution is 0.0941. The van der Waals surface area contributed by atoms with E-state index in [1.165, 1.54) is 0 Å². The van der Waals surface area contributed by atoms with Gasteiger partial charge in [0.25, 0.3) is 5.91 Å². The number of nitrogens with zero attached hydrogens (tertiary/aromatic N) is 2. The fourth-order valence-electron chi connectivity index (χ4n) is 1.28. The van der Waals surface area contributed by atoms with Crippen LogP contribution in [0.5, 0.6) is 0 Å². The van der Waals surface area contributed by atoms with Crippen LogP contribution in [0.25, 0.3) is 0 Å². The van der Waals surface area contributed by atoms with Gasteiger partial charge in [-0.05, 0) is 11.6 Å². The van der Waals surface area contributed by atoms with E-state index in [0.29, 0.717) is 12.4 Å². The van der Waals surface area contributed by atoms with E-state index in [-0.39, 0.29) is 11.7 Å². The second-order valence-electron chi connectivity index (χ2n) is 3.36. The fourth-order valence-corrected chi connectivity index (χ4v) is 1.28. The Balaban J connectivity index is 1.93. The normalized spacial score (nSPS) is 10.3. The van der Waals surface area contributed by atoms with Gasteiger partial charge < -0.3 is 10.3 Å². The predicted molar refractivity (Wildman–Crippen MR) is 57.7 cm³/mol. The molecule has 84 valence electrons. The van der Waals surface area contributed by atoms with Crippen molar-refractivity contribution in [3.63, 3.8) is 0 Å². The molecule has 0 aromatic carbocycles. The van der Waals surface area contributed by atoms with Crippen molar-refractivity contribution < 1.29 is 4.79 Å². The second-order valence-corrected chi connectivity index (χ2v) is 3.36. The molecule has 0 aliphatic carbocycles. The minimum Gasteiger partial charge on any atom is -0.367 e. The molecule has 0 bridgehead atoms. The molecule has 1 amide bonds. The summed E-state index contributed by atoms with van der Waals surface area (Å²) in [5.74, 6) is 0.635. The summed E-state index contributed by atoms with van der Waals surface area (Å²) in [5, 5.41) is 9.27. The van der Waals surface area contributed by atoms with Crippen molar-refractivity contribution in [1.82, 2.24) is 25.5 Å². The maximum atomic E-state index is 11.6. The van der Waals surface area contributed by atoms with Gasteiger partial charge in [0.1, 0.15) is 5.82 Å². The van der Waals surface area contributed by atoms with Crippen LogP contribution in [0.2, 0.25) is 0 Å². The molecule has 0 saturated carbocycles. The third-order valence-electron chi connectivity index (χ3n) is 2.19. The number of aromatic amines is 2. The monoisotopic (exact) mass is 219 g/mol. The second kappa shape index (κ2) is 4.61. The van der Waals surface area contributed by atoms with E-state index in [2.05, 4.69) is 25.5 Å². The highest BCUT2D eigenvalue weighted by Gasteiger charge is 2.10. The van der Waals surface area contributed by atoms with Gasteiger partial charge in [-0.2, -0.15) is 0 Å². The molecule has 0 atom stereocenters. The Labute approximate surface area is 92.5 Å².